The quantitative estimate of drug-likeness (QED) is 0.921. The standard InChI is InChI=1S/C18H28N2O2/c1-14-6-5-7-16(12-14)20-11-9-15(13-20)8-10-19-17(21)22-18(2,3)4/h5-7,12,15H,8-11,13H2,1-4H3,(H,19,21). The highest BCUT2D eigenvalue weighted by atomic mass is 16.6. The van der Waals surface area contributed by atoms with Gasteiger partial charge in [-0.3, -0.25) is 0 Å². The Hall–Kier alpha value is -1.71. The lowest BCUT2D eigenvalue weighted by Crippen LogP contribution is -2.33. The second kappa shape index (κ2) is 7.03. The third-order valence-electron chi connectivity index (χ3n) is 3.87. The Morgan fingerprint density at radius 1 is 1.41 bits per heavy atom. The van der Waals surface area contributed by atoms with E-state index >= 15 is 0 Å². The van der Waals surface area contributed by atoms with Gasteiger partial charge in [-0.15, -0.1) is 0 Å². The van der Waals surface area contributed by atoms with Gasteiger partial charge < -0.3 is 15.0 Å². The van der Waals surface area contributed by atoms with Crippen LogP contribution in [-0.4, -0.2) is 31.3 Å². The molecule has 2 rings (SSSR count). The molecule has 1 aliphatic heterocycles. The van der Waals surface area contributed by atoms with Crippen LogP contribution >= 0.6 is 0 Å². The van der Waals surface area contributed by atoms with E-state index in [9.17, 15) is 4.79 Å². The van der Waals surface area contributed by atoms with Crippen LogP contribution in [0.25, 0.3) is 0 Å². The summed E-state index contributed by atoms with van der Waals surface area (Å²) in [5.74, 6) is 0.635. The molecule has 4 heteroatoms. The van der Waals surface area contributed by atoms with Crippen molar-refractivity contribution in [1.29, 1.82) is 0 Å². The van der Waals surface area contributed by atoms with E-state index in [0.717, 1.165) is 19.5 Å². The number of benzene rings is 1. The van der Waals surface area contributed by atoms with Crippen molar-refractivity contribution >= 4 is 11.8 Å². The number of amides is 1. The van der Waals surface area contributed by atoms with E-state index in [2.05, 4.69) is 41.4 Å². The summed E-state index contributed by atoms with van der Waals surface area (Å²) in [5.41, 5.74) is 2.18. The van der Waals surface area contributed by atoms with Crippen molar-refractivity contribution in [2.24, 2.45) is 5.92 Å². The maximum atomic E-state index is 11.6. The maximum absolute atomic E-state index is 11.6. The van der Waals surface area contributed by atoms with Gasteiger partial charge in [0.15, 0.2) is 0 Å². The molecule has 1 aromatic carbocycles. The summed E-state index contributed by atoms with van der Waals surface area (Å²) in [4.78, 5) is 14.0. The van der Waals surface area contributed by atoms with Crippen LogP contribution in [0, 0.1) is 12.8 Å². The summed E-state index contributed by atoms with van der Waals surface area (Å²) in [6.07, 6.45) is 1.87. The Morgan fingerprint density at radius 3 is 2.86 bits per heavy atom. The summed E-state index contributed by atoms with van der Waals surface area (Å²) < 4.78 is 5.25. The lowest BCUT2D eigenvalue weighted by Gasteiger charge is -2.21. The third-order valence-corrected chi connectivity index (χ3v) is 3.87. The number of carbonyl (C=O) groups is 1. The summed E-state index contributed by atoms with van der Waals surface area (Å²) >= 11 is 0. The monoisotopic (exact) mass is 304 g/mol. The van der Waals surface area contributed by atoms with Crippen LogP contribution in [0.3, 0.4) is 0 Å². The molecule has 4 nitrogen and oxygen atoms in total. The molecule has 122 valence electrons. The van der Waals surface area contributed by atoms with Gasteiger partial charge in [-0.2, -0.15) is 0 Å². The van der Waals surface area contributed by atoms with Crippen molar-refractivity contribution in [2.75, 3.05) is 24.5 Å². The Balaban J connectivity index is 1.72. The van der Waals surface area contributed by atoms with Crippen molar-refractivity contribution in [3.05, 3.63) is 29.8 Å². The summed E-state index contributed by atoms with van der Waals surface area (Å²) in [7, 11) is 0. The van der Waals surface area contributed by atoms with Gasteiger partial charge in [0.1, 0.15) is 5.60 Å². The molecule has 0 bridgehead atoms. The first kappa shape index (κ1) is 16.7. The van der Waals surface area contributed by atoms with Crippen LogP contribution < -0.4 is 10.2 Å². The normalized spacial score (nSPS) is 18.4. The van der Waals surface area contributed by atoms with Gasteiger partial charge in [-0.25, -0.2) is 4.79 Å². The number of carbonyl (C=O) groups excluding carboxylic acids is 1. The molecule has 1 N–H and O–H groups in total. The molecule has 0 radical (unpaired) electrons. The summed E-state index contributed by atoms with van der Waals surface area (Å²) in [6.45, 7) is 10.6. The molecule has 1 atom stereocenters. The van der Waals surface area contributed by atoms with E-state index < -0.39 is 5.60 Å². The van der Waals surface area contributed by atoms with E-state index in [4.69, 9.17) is 4.74 Å². The predicted octanol–water partition coefficient (Wildman–Crippen LogP) is 3.74. The topological polar surface area (TPSA) is 41.6 Å². The van der Waals surface area contributed by atoms with Gasteiger partial charge in [0.25, 0.3) is 0 Å². The molecular weight excluding hydrogens is 276 g/mol. The fraction of sp³-hybridized carbons (Fsp3) is 0.611. The smallest absolute Gasteiger partial charge is 0.407 e. The molecule has 0 saturated carbocycles. The molecule has 1 aliphatic rings. The fourth-order valence-electron chi connectivity index (χ4n) is 2.82. The number of alkyl carbamates (subject to hydrolysis) is 1. The number of hydrogen-bond acceptors (Lipinski definition) is 3. The van der Waals surface area contributed by atoms with Gasteiger partial charge in [0.2, 0.25) is 0 Å². The molecule has 1 heterocycles. The number of anilines is 1. The number of ether oxygens (including phenoxy) is 1. The first-order chi connectivity index (χ1) is 10.3. The van der Waals surface area contributed by atoms with Crippen molar-refractivity contribution in [1.82, 2.24) is 5.32 Å². The zero-order valence-electron chi connectivity index (χ0n) is 14.2. The van der Waals surface area contributed by atoms with Crippen LogP contribution in [0.5, 0.6) is 0 Å². The Kier molecular flexibility index (Phi) is 5.33. The van der Waals surface area contributed by atoms with Gasteiger partial charge in [0.05, 0.1) is 0 Å². The van der Waals surface area contributed by atoms with Crippen LogP contribution in [0.4, 0.5) is 10.5 Å². The lowest BCUT2D eigenvalue weighted by atomic mass is 10.1. The maximum Gasteiger partial charge on any atom is 0.407 e. The van der Waals surface area contributed by atoms with Crippen molar-refractivity contribution in [2.45, 2.75) is 46.1 Å². The van der Waals surface area contributed by atoms with E-state index in [1.165, 1.54) is 17.7 Å². The second-order valence-corrected chi connectivity index (χ2v) is 7.16. The van der Waals surface area contributed by atoms with Crippen LogP contribution in [0.1, 0.15) is 39.2 Å². The number of nitrogens with one attached hydrogen (secondary N) is 1. The molecule has 1 unspecified atom stereocenters. The molecule has 22 heavy (non-hydrogen) atoms. The van der Waals surface area contributed by atoms with Crippen LogP contribution in [0.15, 0.2) is 24.3 Å². The average Bonchev–Trinajstić information content (AvgIpc) is 2.85. The lowest BCUT2D eigenvalue weighted by molar-refractivity contribution is 0.0525. The minimum absolute atomic E-state index is 0.318. The Labute approximate surface area is 133 Å². The van der Waals surface area contributed by atoms with Crippen LogP contribution in [-0.2, 0) is 4.74 Å². The predicted molar refractivity (Wildman–Crippen MR) is 90.4 cm³/mol. The highest BCUT2D eigenvalue weighted by molar-refractivity contribution is 5.67. The molecule has 0 aliphatic carbocycles. The Morgan fingerprint density at radius 2 is 2.18 bits per heavy atom. The zero-order valence-corrected chi connectivity index (χ0v) is 14.2. The minimum atomic E-state index is -0.431. The van der Waals surface area contributed by atoms with E-state index in [1.807, 2.05) is 20.8 Å². The van der Waals surface area contributed by atoms with Crippen molar-refractivity contribution in [3.63, 3.8) is 0 Å². The molecule has 1 amide bonds. The Bertz CT molecular complexity index is 508. The van der Waals surface area contributed by atoms with Crippen LogP contribution in [0.2, 0.25) is 0 Å². The van der Waals surface area contributed by atoms with Crippen molar-refractivity contribution < 1.29 is 9.53 Å². The summed E-state index contributed by atoms with van der Waals surface area (Å²) in [5, 5.41) is 2.85. The number of hydrogen-bond donors (Lipinski definition) is 1. The number of rotatable bonds is 4. The molecule has 0 aromatic heterocycles. The fourth-order valence-corrected chi connectivity index (χ4v) is 2.82. The van der Waals surface area contributed by atoms with Gasteiger partial charge in [-0.1, -0.05) is 12.1 Å². The summed E-state index contributed by atoms with van der Waals surface area (Å²) in [6, 6.07) is 8.65. The van der Waals surface area contributed by atoms with Gasteiger partial charge in [-0.05, 0) is 64.2 Å². The minimum Gasteiger partial charge on any atom is -0.444 e. The van der Waals surface area contributed by atoms with Gasteiger partial charge >= 0.3 is 6.09 Å². The SMILES string of the molecule is Cc1cccc(N2CCC(CCNC(=O)OC(C)(C)C)C2)c1. The first-order valence-electron chi connectivity index (χ1n) is 8.12. The molecular formula is C18H28N2O2. The second-order valence-electron chi connectivity index (χ2n) is 7.16. The highest BCUT2D eigenvalue weighted by Crippen LogP contribution is 2.26. The third kappa shape index (κ3) is 5.24. The molecule has 1 aromatic rings. The number of aryl methyl sites for hydroxylation is 1. The average molecular weight is 304 g/mol. The van der Waals surface area contributed by atoms with Crippen molar-refractivity contribution in [3.8, 4) is 0 Å². The molecule has 1 saturated heterocycles. The molecule has 1 fully saturated rings. The van der Waals surface area contributed by atoms with E-state index in [1.54, 1.807) is 0 Å². The largest absolute Gasteiger partial charge is 0.444 e. The van der Waals surface area contributed by atoms with Gasteiger partial charge in [0, 0.05) is 25.3 Å². The van der Waals surface area contributed by atoms with E-state index in [-0.39, 0.29) is 6.09 Å². The number of nitrogens with zero attached hydrogens (tertiary/aromatic N) is 1. The molecule has 0 spiro atoms. The van der Waals surface area contributed by atoms with E-state index in [0.29, 0.717) is 12.5 Å². The first-order valence-corrected chi connectivity index (χ1v) is 8.12. The zero-order chi connectivity index (χ0) is 16.2. The highest BCUT2D eigenvalue weighted by Gasteiger charge is 2.23.